The summed E-state index contributed by atoms with van der Waals surface area (Å²) in [6.45, 7) is 1.01. The van der Waals surface area contributed by atoms with Crippen molar-refractivity contribution < 1.29 is 9.59 Å². The lowest BCUT2D eigenvalue weighted by atomic mass is 9.86. The summed E-state index contributed by atoms with van der Waals surface area (Å²) in [7, 11) is 0. The Balaban J connectivity index is 1.48. The van der Waals surface area contributed by atoms with Crippen LogP contribution in [0.4, 0.5) is 5.13 Å². The molecule has 26 heavy (non-hydrogen) atoms. The van der Waals surface area contributed by atoms with Crippen molar-refractivity contribution in [2.75, 3.05) is 18.4 Å². The van der Waals surface area contributed by atoms with Gasteiger partial charge in [-0.1, -0.05) is 6.07 Å². The van der Waals surface area contributed by atoms with Crippen LogP contribution in [0.25, 0.3) is 0 Å². The lowest BCUT2D eigenvalue weighted by Gasteiger charge is -2.41. The van der Waals surface area contributed by atoms with E-state index in [2.05, 4.69) is 20.6 Å². The highest BCUT2D eigenvalue weighted by molar-refractivity contribution is 7.13. The molecule has 2 fully saturated rings. The molecule has 0 aromatic carbocycles. The Morgan fingerprint density at radius 1 is 1.15 bits per heavy atom. The Labute approximate surface area is 155 Å². The molecule has 3 heterocycles. The normalized spacial score (nSPS) is 19.0. The molecule has 8 heteroatoms. The highest BCUT2D eigenvalue weighted by Gasteiger charge is 2.44. The molecule has 136 valence electrons. The molecular weight excluding hydrogens is 350 g/mol. The van der Waals surface area contributed by atoms with E-state index >= 15 is 0 Å². The number of carbonyl (C=O) groups is 2. The number of thiazole rings is 1. The highest BCUT2D eigenvalue weighted by atomic mass is 32.1. The third-order valence-corrected chi connectivity index (χ3v) is 5.60. The first-order valence-corrected chi connectivity index (χ1v) is 9.73. The van der Waals surface area contributed by atoms with Gasteiger partial charge in [0.25, 0.3) is 5.91 Å². The number of anilines is 1. The average Bonchev–Trinajstić information content (AvgIpc) is 3.35. The maximum atomic E-state index is 12.9. The van der Waals surface area contributed by atoms with Crippen molar-refractivity contribution in [1.82, 2.24) is 20.2 Å². The maximum Gasteiger partial charge on any atom is 0.272 e. The third-order valence-electron chi connectivity index (χ3n) is 4.91. The zero-order valence-electron chi connectivity index (χ0n) is 14.4. The van der Waals surface area contributed by atoms with Gasteiger partial charge in [-0.2, -0.15) is 0 Å². The molecule has 1 saturated carbocycles. The zero-order valence-corrected chi connectivity index (χ0v) is 15.2. The summed E-state index contributed by atoms with van der Waals surface area (Å²) in [4.78, 5) is 35.7. The van der Waals surface area contributed by atoms with Gasteiger partial charge in [-0.05, 0) is 37.8 Å². The van der Waals surface area contributed by atoms with E-state index in [9.17, 15) is 9.59 Å². The second-order valence-corrected chi connectivity index (χ2v) is 7.69. The van der Waals surface area contributed by atoms with E-state index in [-0.39, 0.29) is 11.8 Å². The van der Waals surface area contributed by atoms with E-state index in [1.165, 1.54) is 11.3 Å². The fraction of sp³-hybridized carbons (Fsp3) is 0.444. The van der Waals surface area contributed by atoms with Gasteiger partial charge >= 0.3 is 0 Å². The molecule has 2 amide bonds. The third kappa shape index (κ3) is 3.55. The second kappa shape index (κ2) is 7.03. The van der Waals surface area contributed by atoms with Gasteiger partial charge in [0.15, 0.2) is 5.13 Å². The number of amides is 2. The van der Waals surface area contributed by atoms with Gasteiger partial charge in [0.05, 0.1) is 0 Å². The number of nitrogens with one attached hydrogen (secondary N) is 2. The Bertz CT molecular complexity index is 768. The minimum atomic E-state index is -0.721. The number of carbonyl (C=O) groups excluding carboxylic acids is 2. The molecule has 2 aromatic heterocycles. The van der Waals surface area contributed by atoms with Crippen molar-refractivity contribution >= 4 is 28.3 Å². The molecule has 1 aliphatic heterocycles. The molecule has 1 aliphatic carbocycles. The van der Waals surface area contributed by atoms with E-state index in [1.807, 2.05) is 11.4 Å². The molecule has 0 unspecified atom stereocenters. The van der Waals surface area contributed by atoms with Crippen LogP contribution < -0.4 is 10.6 Å². The first-order chi connectivity index (χ1) is 12.7. The molecule has 2 aromatic rings. The average molecular weight is 371 g/mol. The van der Waals surface area contributed by atoms with Crippen LogP contribution >= 0.6 is 11.3 Å². The smallest absolute Gasteiger partial charge is 0.272 e. The fourth-order valence-electron chi connectivity index (χ4n) is 3.19. The van der Waals surface area contributed by atoms with E-state index in [1.54, 1.807) is 29.4 Å². The summed E-state index contributed by atoms with van der Waals surface area (Å²) in [5, 5.41) is 9.08. The van der Waals surface area contributed by atoms with Crippen LogP contribution in [0.3, 0.4) is 0 Å². The van der Waals surface area contributed by atoms with Crippen LogP contribution in [-0.2, 0) is 4.79 Å². The van der Waals surface area contributed by atoms with Crippen LogP contribution in [0.15, 0.2) is 36.0 Å². The van der Waals surface area contributed by atoms with Gasteiger partial charge in [0.2, 0.25) is 5.91 Å². The standard InChI is InChI=1S/C18H21N5O2S/c24-15(14-3-1-2-8-19-14)23-10-6-18(7-11-23,16(25)21-13-4-5-13)22-17-20-9-12-26-17/h1-3,8-9,12-13H,4-7,10-11H2,(H,20,22)(H,21,25). The van der Waals surface area contributed by atoms with E-state index < -0.39 is 5.54 Å². The van der Waals surface area contributed by atoms with Crippen LogP contribution in [0.2, 0.25) is 0 Å². The summed E-state index contributed by atoms with van der Waals surface area (Å²) in [5.41, 5.74) is -0.281. The van der Waals surface area contributed by atoms with E-state index in [0.29, 0.717) is 37.7 Å². The van der Waals surface area contributed by atoms with Gasteiger partial charge in [0, 0.05) is 36.9 Å². The Morgan fingerprint density at radius 3 is 2.58 bits per heavy atom. The molecule has 2 N–H and O–H groups in total. The Morgan fingerprint density at radius 2 is 1.96 bits per heavy atom. The number of likely N-dealkylation sites (tertiary alicyclic amines) is 1. The first kappa shape index (κ1) is 17.0. The summed E-state index contributed by atoms with van der Waals surface area (Å²) < 4.78 is 0. The van der Waals surface area contributed by atoms with Crippen molar-refractivity contribution in [2.24, 2.45) is 0 Å². The van der Waals surface area contributed by atoms with Crippen LogP contribution in [0.5, 0.6) is 0 Å². The molecule has 0 atom stereocenters. The molecule has 1 saturated heterocycles. The number of rotatable bonds is 5. The Kier molecular flexibility index (Phi) is 4.58. The molecule has 7 nitrogen and oxygen atoms in total. The minimum absolute atomic E-state index is 0.0140. The summed E-state index contributed by atoms with van der Waals surface area (Å²) in [6, 6.07) is 5.61. The molecule has 4 rings (SSSR count). The van der Waals surface area contributed by atoms with Gasteiger partial charge in [0.1, 0.15) is 11.2 Å². The summed E-state index contributed by atoms with van der Waals surface area (Å²) >= 11 is 1.48. The topological polar surface area (TPSA) is 87.2 Å². The van der Waals surface area contributed by atoms with Crippen LogP contribution in [0.1, 0.15) is 36.2 Å². The largest absolute Gasteiger partial charge is 0.351 e. The monoisotopic (exact) mass is 371 g/mol. The van der Waals surface area contributed by atoms with Gasteiger partial charge in [-0.3, -0.25) is 14.6 Å². The fourth-order valence-corrected chi connectivity index (χ4v) is 3.82. The minimum Gasteiger partial charge on any atom is -0.351 e. The number of hydrogen-bond donors (Lipinski definition) is 2. The van der Waals surface area contributed by atoms with Crippen LogP contribution in [-0.4, -0.2) is 51.4 Å². The molecular formula is C18H21N5O2S. The number of piperidine rings is 1. The molecule has 0 radical (unpaired) electrons. The van der Waals surface area contributed by atoms with Crippen molar-refractivity contribution in [2.45, 2.75) is 37.3 Å². The second-order valence-electron chi connectivity index (χ2n) is 6.80. The van der Waals surface area contributed by atoms with Gasteiger partial charge in [-0.25, -0.2) is 4.98 Å². The molecule has 0 spiro atoms. The predicted molar refractivity (Wildman–Crippen MR) is 99.0 cm³/mol. The number of aromatic nitrogens is 2. The highest BCUT2D eigenvalue weighted by Crippen LogP contribution is 2.30. The lowest BCUT2D eigenvalue weighted by Crippen LogP contribution is -2.59. The van der Waals surface area contributed by atoms with Gasteiger partial charge in [-0.15, -0.1) is 11.3 Å². The van der Waals surface area contributed by atoms with Crippen molar-refractivity contribution in [1.29, 1.82) is 0 Å². The van der Waals surface area contributed by atoms with E-state index in [0.717, 1.165) is 18.0 Å². The lowest BCUT2D eigenvalue weighted by molar-refractivity contribution is -0.127. The van der Waals surface area contributed by atoms with Crippen molar-refractivity contribution in [3.8, 4) is 0 Å². The Hall–Kier alpha value is -2.48. The summed E-state index contributed by atoms with van der Waals surface area (Å²) in [6.07, 6.45) is 6.52. The number of nitrogens with zero attached hydrogens (tertiary/aromatic N) is 3. The summed E-state index contributed by atoms with van der Waals surface area (Å²) in [5.74, 6) is -0.0730. The first-order valence-electron chi connectivity index (χ1n) is 8.85. The molecule has 2 aliphatic rings. The van der Waals surface area contributed by atoms with Crippen molar-refractivity contribution in [3.63, 3.8) is 0 Å². The zero-order chi connectivity index (χ0) is 18.0. The predicted octanol–water partition coefficient (Wildman–Crippen LogP) is 1.90. The van der Waals surface area contributed by atoms with Crippen molar-refractivity contribution in [3.05, 3.63) is 41.7 Å². The van der Waals surface area contributed by atoms with Crippen LogP contribution in [0, 0.1) is 0 Å². The maximum absolute atomic E-state index is 12.9. The van der Waals surface area contributed by atoms with Gasteiger partial charge < -0.3 is 15.5 Å². The number of pyridine rings is 1. The van der Waals surface area contributed by atoms with E-state index in [4.69, 9.17) is 0 Å². The quantitative estimate of drug-likeness (QED) is 0.838. The SMILES string of the molecule is O=C(c1ccccn1)N1CCC(Nc2nccs2)(C(=O)NC2CC2)CC1. The molecule has 0 bridgehead atoms. The number of hydrogen-bond acceptors (Lipinski definition) is 6.